The third kappa shape index (κ3) is 1.26. The van der Waals surface area contributed by atoms with Gasteiger partial charge in [-0.15, -0.1) is 0 Å². The summed E-state index contributed by atoms with van der Waals surface area (Å²) in [5.41, 5.74) is 5.59. The Balaban J connectivity index is 2.73. The average Bonchev–Trinajstić information content (AvgIpc) is 2.64. The van der Waals surface area contributed by atoms with E-state index < -0.39 is 5.97 Å². The van der Waals surface area contributed by atoms with Crippen LogP contribution in [0.2, 0.25) is 0 Å². The summed E-state index contributed by atoms with van der Waals surface area (Å²) in [6.07, 6.45) is 0.508. The van der Waals surface area contributed by atoms with Gasteiger partial charge in [-0.1, -0.05) is 0 Å². The zero-order chi connectivity index (χ0) is 11.0. The molecule has 1 aromatic carbocycles. The average molecular weight is 209 g/mol. The molecule has 0 saturated carbocycles. The van der Waals surface area contributed by atoms with Crippen molar-refractivity contribution in [2.75, 3.05) is 12.5 Å². The van der Waals surface area contributed by atoms with Crippen LogP contribution in [-0.2, 0) is 0 Å². The Hall–Kier alpha value is -2.24. The van der Waals surface area contributed by atoms with Crippen LogP contribution in [0.15, 0.2) is 6.07 Å². The van der Waals surface area contributed by atoms with Gasteiger partial charge in [0.05, 0.1) is 5.56 Å². The van der Waals surface area contributed by atoms with E-state index in [4.69, 9.17) is 20.3 Å². The molecule has 1 aliphatic heterocycles. The number of carboxylic acids is 1. The van der Waals surface area contributed by atoms with Gasteiger partial charge in [-0.3, -0.25) is 4.79 Å². The van der Waals surface area contributed by atoms with Crippen molar-refractivity contribution in [1.82, 2.24) is 0 Å². The minimum atomic E-state index is -1.18. The van der Waals surface area contributed by atoms with E-state index in [1.165, 1.54) is 6.07 Å². The van der Waals surface area contributed by atoms with Crippen molar-refractivity contribution in [3.05, 3.63) is 17.2 Å². The number of benzene rings is 1. The normalized spacial score (nSPS) is 12.5. The molecule has 0 atom stereocenters. The summed E-state index contributed by atoms with van der Waals surface area (Å²) in [5, 5.41) is 8.86. The van der Waals surface area contributed by atoms with Crippen molar-refractivity contribution in [1.29, 1.82) is 0 Å². The molecule has 2 rings (SSSR count). The fraction of sp³-hybridized carbons (Fsp3) is 0.111. The largest absolute Gasteiger partial charge is 0.478 e. The first-order chi connectivity index (χ1) is 7.15. The Kier molecular flexibility index (Phi) is 1.96. The van der Waals surface area contributed by atoms with Crippen LogP contribution < -0.4 is 15.2 Å². The topological polar surface area (TPSA) is 98.9 Å². The highest BCUT2D eigenvalue weighted by Crippen LogP contribution is 2.41. The van der Waals surface area contributed by atoms with Crippen LogP contribution in [0, 0.1) is 0 Å². The van der Waals surface area contributed by atoms with Crippen LogP contribution in [0.25, 0.3) is 0 Å². The Labute approximate surface area is 84.2 Å². The molecule has 3 N–H and O–H groups in total. The Morgan fingerprint density at radius 3 is 2.73 bits per heavy atom. The number of hydrogen-bond acceptors (Lipinski definition) is 5. The van der Waals surface area contributed by atoms with Crippen molar-refractivity contribution in [3.63, 3.8) is 0 Å². The Morgan fingerprint density at radius 2 is 2.13 bits per heavy atom. The van der Waals surface area contributed by atoms with Gasteiger partial charge >= 0.3 is 5.97 Å². The number of aldehydes is 1. The van der Waals surface area contributed by atoms with Gasteiger partial charge in [-0.25, -0.2) is 4.79 Å². The SMILES string of the molecule is Nc1cc(C(=O)O)c2c(c1C=O)OCO2. The lowest BCUT2D eigenvalue weighted by molar-refractivity contribution is 0.0692. The van der Waals surface area contributed by atoms with E-state index in [9.17, 15) is 9.59 Å². The lowest BCUT2D eigenvalue weighted by Crippen LogP contribution is -2.02. The van der Waals surface area contributed by atoms with E-state index in [2.05, 4.69) is 0 Å². The summed E-state index contributed by atoms with van der Waals surface area (Å²) in [6, 6.07) is 1.18. The molecular weight excluding hydrogens is 202 g/mol. The summed E-state index contributed by atoms with van der Waals surface area (Å²) in [7, 11) is 0. The van der Waals surface area contributed by atoms with Gasteiger partial charge in [0.1, 0.15) is 5.56 Å². The third-order valence-corrected chi connectivity index (χ3v) is 2.06. The van der Waals surface area contributed by atoms with Crippen LogP contribution in [0.5, 0.6) is 11.5 Å². The van der Waals surface area contributed by atoms with Gasteiger partial charge in [0, 0.05) is 5.69 Å². The molecule has 0 radical (unpaired) electrons. The molecule has 0 bridgehead atoms. The van der Waals surface area contributed by atoms with E-state index in [1.807, 2.05) is 0 Å². The fourth-order valence-electron chi connectivity index (χ4n) is 1.39. The summed E-state index contributed by atoms with van der Waals surface area (Å²) in [4.78, 5) is 21.5. The Bertz CT molecular complexity index is 454. The number of carboxylic acid groups (broad SMARTS) is 1. The number of carbonyl (C=O) groups excluding carboxylic acids is 1. The van der Waals surface area contributed by atoms with E-state index in [0.29, 0.717) is 6.29 Å². The van der Waals surface area contributed by atoms with E-state index >= 15 is 0 Å². The van der Waals surface area contributed by atoms with Crippen LogP contribution in [-0.4, -0.2) is 24.2 Å². The highest BCUT2D eigenvalue weighted by molar-refractivity contribution is 5.99. The van der Waals surface area contributed by atoms with Gasteiger partial charge in [0.15, 0.2) is 17.8 Å². The van der Waals surface area contributed by atoms with Crippen molar-refractivity contribution < 1.29 is 24.2 Å². The minimum Gasteiger partial charge on any atom is -0.478 e. The van der Waals surface area contributed by atoms with Gasteiger partial charge in [0.2, 0.25) is 6.79 Å². The maximum absolute atomic E-state index is 10.8. The second-order valence-electron chi connectivity index (χ2n) is 2.91. The third-order valence-electron chi connectivity index (χ3n) is 2.06. The van der Waals surface area contributed by atoms with E-state index in [0.717, 1.165) is 0 Å². The molecule has 6 heteroatoms. The maximum atomic E-state index is 10.8. The molecule has 0 spiro atoms. The molecule has 78 valence electrons. The molecule has 0 unspecified atom stereocenters. The molecule has 1 aromatic rings. The molecular formula is C9H7NO5. The minimum absolute atomic E-state index is 0.0544. The fourth-order valence-corrected chi connectivity index (χ4v) is 1.39. The van der Waals surface area contributed by atoms with Gasteiger partial charge in [-0.05, 0) is 6.07 Å². The van der Waals surface area contributed by atoms with Gasteiger partial charge < -0.3 is 20.3 Å². The summed E-state index contributed by atoms with van der Waals surface area (Å²) >= 11 is 0. The van der Waals surface area contributed by atoms with E-state index in [-0.39, 0.29) is 35.1 Å². The number of fused-ring (bicyclic) bond motifs is 1. The summed E-state index contributed by atoms with van der Waals surface area (Å²) in [5.74, 6) is -1.03. The van der Waals surface area contributed by atoms with Crippen molar-refractivity contribution in [3.8, 4) is 11.5 Å². The predicted octanol–water partition coefficient (Wildman–Crippen LogP) is 0.508. The second kappa shape index (κ2) is 3.16. The van der Waals surface area contributed by atoms with Crippen molar-refractivity contribution >= 4 is 17.9 Å². The van der Waals surface area contributed by atoms with Gasteiger partial charge in [-0.2, -0.15) is 0 Å². The molecule has 6 nitrogen and oxygen atoms in total. The zero-order valence-electron chi connectivity index (χ0n) is 7.52. The highest BCUT2D eigenvalue weighted by Gasteiger charge is 2.27. The standard InChI is InChI=1S/C9H7NO5/c10-6-1-4(9(12)13)7-8(5(6)2-11)15-3-14-7/h1-2H,3,10H2,(H,12,13). The highest BCUT2D eigenvalue weighted by atomic mass is 16.7. The Morgan fingerprint density at radius 1 is 1.47 bits per heavy atom. The molecule has 1 aliphatic rings. The maximum Gasteiger partial charge on any atom is 0.339 e. The summed E-state index contributed by atoms with van der Waals surface area (Å²) in [6.45, 7) is -0.111. The lowest BCUT2D eigenvalue weighted by Gasteiger charge is -2.06. The summed E-state index contributed by atoms with van der Waals surface area (Å²) < 4.78 is 9.97. The number of nitrogens with two attached hydrogens (primary N) is 1. The number of anilines is 1. The van der Waals surface area contributed by atoms with Crippen LogP contribution in [0.3, 0.4) is 0 Å². The number of ether oxygens (including phenoxy) is 2. The molecule has 1 heterocycles. The number of rotatable bonds is 2. The molecule has 0 amide bonds. The monoisotopic (exact) mass is 209 g/mol. The number of carbonyl (C=O) groups is 2. The molecule has 0 aliphatic carbocycles. The smallest absolute Gasteiger partial charge is 0.339 e. The zero-order valence-corrected chi connectivity index (χ0v) is 7.52. The molecule has 0 fully saturated rings. The molecule has 0 saturated heterocycles. The van der Waals surface area contributed by atoms with Crippen LogP contribution in [0.4, 0.5) is 5.69 Å². The molecule has 0 aromatic heterocycles. The van der Waals surface area contributed by atoms with Crippen LogP contribution >= 0.6 is 0 Å². The predicted molar refractivity (Wildman–Crippen MR) is 49.3 cm³/mol. The van der Waals surface area contributed by atoms with Crippen molar-refractivity contribution in [2.24, 2.45) is 0 Å². The second-order valence-corrected chi connectivity index (χ2v) is 2.91. The molecule has 15 heavy (non-hydrogen) atoms. The quantitative estimate of drug-likeness (QED) is 0.543. The number of aromatic carboxylic acids is 1. The van der Waals surface area contributed by atoms with E-state index in [1.54, 1.807) is 0 Å². The first-order valence-electron chi connectivity index (χ1n) is 4.05. The van der Waals surface area contributed by atoms with Crippen LogP contribution in [0.1, 0.15) is 20.7 Å². The van der Waals surface area contributed by atoms with Gasteiger partial charge in [0.25, 0.3) is 0 Å². The number of hydrogen-bond donors (Lipinski definition) is 2. The van der Waals surface area contributed by atoms with Crippen molar-refractivity contribution in [2.45, 2.75) is 0 Å². The first kappa shape index (κ1) is 9.32. The number of nitrogen functional groups attached to an aromatic ring is 1. The lowest BCUT2D eigenvalue weighted by atomic mass is 10.1. The first-order valence-corrected chi connectivity index (χ1v) is 4.05.